The number of rotatable bonds is 3. The van der Waals surface area contributed by atoms with Gasteiger partial charge in [0.15, 0.2) is 0 Å². The van der Waals surface area contributed by atoms with Crippen LogP contribution in [0.2, 0.25) is 0 Å². The third-order valence-electron chi connectivity index (χ3n) is 5.02. The molecule has 3 rings (SSSR count). The Morgan fingerprint density at radius 3 is 2.26 bits per heavy atom. The van der Waals surface area contributed by atoms with Crippen LogP contribution in [0.3, 0.4) is 0 Å². The molecule has 0 fully saturated rings. The average molecular weight is 303 g/mol. The van der Waals surface area contributed by atoms with Crippen molar-refractivity contribution in [3.63, 3.8) is 0 Å². The summed E-state index contributed by atoms with van der Waals surface area (Å²) in [5.41, 5.74) is 8.44. The van der Waals surface area contributed by atoms with Crippen LogP contribution < -0.4 is 0 Å². The summed E-state index contributed by atoms with van der Waals surface area (Å²) >= 11 is 0. The number of hydrogen-bond donors (Lipinski definition) is 0. The number of benzene rings is 2. The lowest BCUT2D eigenvalue weighted by Gasteiger charge is -2.19. The minimum atomic E-state index is 0.203. The summed E-state index contributed by atoms with van der Waals surface area (Å²) in [5.74, 6) is 0.624. The van der Waals surface area contributed by atoms with Crippen molar-refractivity contribution in [1.82, 2.24) is 0 Å². The van der Waals surface area contributed by atoms with Gasteiger partial charge in [-0.05, 0) is 45.6 Å². The Balaban J connectivity index is 2.00. The van der Waals surface area contributed by atoms with Gasteiger partial charge in [0.1, 0.15) is 0 Å². The fourth-order valence-electron chi connectivity index (χ4n) is 3.18. The lowest BCUT2D eigenvalue weighted by Crippen LogP contribution is -2.10. The first kappa shape index (κ1) is 16.1. The Morgan fingerprint density at radius 1 is 0.957 bits per heavy atom. The molecule has 0 aromatic heterocycles. The van der Waals surface area contributed by atoms with E-state index in [1.807, 2.05) is 0 Å². The molecule has 1 atom stereocenters. The second-order valence-corrected chi connectivity index (χ2v) is 7.73. The van der Waals surface area contributed by atoms with E-state index in [1.54, 1.807) is 0 Å². The van der Waals surface area contributed by atoms with E-state index in [-0.39, 0.29) is 5.41 Å². The molecule has 0 saturated carbocycles. The Bertz CT molecular complexity index is 724. The van der Waals surface area contributed by atoms with Crippen LogP contribution in [0.1, 0.15) is 57.7 Å². The maximum absolute atomic E-state index is 2.39. The molecule has 119 valence electrons. The molecule has 0 nitrogen and oxygen atoms in total. The van der Waals surface area contributed by atoms with Gasteiger partial charge in [0.2, 0.25) is 0 Å². The third-order valence-corrected chi connectivity index (χ3v) is 5.02. The van der Waals surface area contributed by atoms with Crippen LogP contribution in [0.5, 0.6) is 0 Å². The minimum absolute atomic E-state index is 0.203. The van der Waals surface area contributed by atoms with Crippen molar-refractivity contribution in [2.24, 2.45) is 5.92 Å². The zero-order valence-electron chi connectivity index (χ0n) is 15.0. The van der Waals surface area contributed by atoms with Crippen LogP contribution in [-0.2, 0) is 5.41 Å². The fourth-order valence-corrected chi connectivity index (χ4v) is 3.18. The quantitative estimate of drug-likeness (QED) is 0.595. The highest BCUT2D eigenvalue weighted by molar-refractivity contribution is 5.83. The third kappa shape index (κ3) is 3.13. The molecular weight excluding hydrogens is 276 g/mol. The predicted octanol–water partition coefficient (Wildman–Crippen LogP) is 6.65. The molecular formula is C23H27. The molecule has 0 saturated heterocycles. The van der Waals surface area contributed by atoms with Gasteiger partial charge in [0.05, 0.1) is 0 Å². The van der Waals surface area contributed by atoms with Crippen molar-refractivity contribution in [1.29, 1.82) is 0 Å². The van der Waals surface area contributed by atoms with Crippen LogP contribution in [-0.4, -0.2) is 0 Å². The number of hydrogen-bond acceptors (Lipinski definition) is 0. The molecule has 2 aromatic carbocycles. The first-order valence-corrected chi connectivity index (χ1v) is 8.70. The van der Waals surface area contributed by atoms with Crippen LogP contribution >= 0.6 is 0 Å². The normalized spacial score (nSPS) is 15.3. The highest BCUT2D eigenvalue weighted by Gasteiger charge is 2.20. The second kappa shape index (κ2) is 6.00. The first-order valence-electron chi connectivity index (χ1n) is 8.70. The largest absolute Gasteiger partial charge is 0.0648 e. The first-order chi connectivity index (χ1) is 10.9. The molecule has 0 spiro atoms. The van der Waals surface area contributed by atoms with E-state index in [2.05, 4.69) is 89.6 Å². The van der Waals surface area contributed by atoms with Crippen molar-refractivity contribution < 1.29 is 0 Å². The highest BCUT2D eigenvalue weighted by Crippen LogP contribution is 2.38. The van der Waals surface area contributed by atoms with Crippen LogP contribution in [0.4, 0.5) is 0 Å². The summed E-state index contributed by atoms with van der Waals surface area (Å²) in [5, 5.41) is 0. The fraction of sp³-hybridized carbons (Fsp3) is 0.348. The standard InChI is InChI=1S/C23H27/c1-6-16(2)19-14-18-8-7-9-21(22(18)15-19)17-10-12-20(13-11-17)23(3,4)5/h7-16H,6H2,1-5H3. The van der Waals surface area contributed by atoms with E-state index in [0.717, 1.165) is 0 Å². The lowest BCUT2D eigenvalue weighted by molar-refractivity contribution is 0.590. The molecule has 2 aromatic rings. The van der Waals surface area contributed by atoms with Crippen molar-refractivity contribution in [2.75, 3.05) is 0 Å². The van der Waals surface area contributed by atoms with E-state index in [9.17, 15) is 0 Å². The molecule has 1 aliphatic carbocycles. The van der Waals surface area contributed by atoms with E-state index in [1.165, 1.54) is 39.8 Å². The second-order valence-electron chi connectivity index (χ2n) is 7.73. The number of fused-ring (bicyclic) bond motifs is 1. The smallest absolute Gasteiger partial charge is 0.0167 e. The molecule has 0 N–H and O–H groups in total. The average Bonchev–Trinajstić information content (AvgIpc) is 2.97. The summed E-state index contributed by atoms with van der Waals surface area (Å²) in [6.45, 7) is 11.4. The monoisotopic (exact) mass is 303 g/mol. The molecule has 0 bridgehead atoms. The Hall–Kier alpha value is -1.82. The number of allylic oxidation sites excluding steroid dienone is 1. The van der Waals surface area contributed by atoms with E-state index >= 15 is 0 Å². The zero-order chi connectivity index (χ0) is 16.6. The maximum atomic E-state index is 2.39. The van der Waals surface area contributed by atoms with Gasteiger partial charge in [-0.15, -0.1) is 0 Å². The predicted molar refractivity (Wildman–Crippen MR) is 101 cm³/mol. The van der Waals surface area contributed by atoms with Crippen molar-refractivity contribution in [2.45, 2.75) is 46.5 Å². The van der Waals surface area contributed by atoms with Crippen molar-refractivity contribution in [3.05, 3.63) is 71.1 Å². The van der Waals surface area contributed by atoms with Crippen LogP contribution in [0.15, 0.2) is 48.0 Å². The summed E-state index contributed by atoms with van der Waals surface area (Å²) in [7, 11) is 0. The highest BCUT2D eigenvalue weighted by atomic mass is 14.2. The maximum Gasteiger partial charge on any atom is 0.0167 e. The summed E-state index contributed by atoms with van der Waals surface area (Å²) < 4.78 is 0. The molecule has 1 unspecified atom stereocenters. The van der Waals surface area contributed by atoms with Crippen molar-refractivity contribution in [3.8, 4) is 11.1 Å². The van der Waals surface area contributed by atoms with E-state index in [4.69, 9.17) is 0 Å². The minimum Gasteiger partial charge on any atom is -0.0648 e. The van der Waals surface area contributed by atoms with Gasteiger partial charge in [-0.3, -0.25) is 0 Å². The summed E-state index contributed by atoms with van der Waals surface area (Å²) in [6, 6.07) is 15.7. The van der Waals surface area contributed by atoms with Gasteiger partial charge in [0.25, 0.3) is 0 Å². The van der Waals surface area contributed by atoms with Gasteiger partial charge < -0.3 is 0 Å². The molecule has 1 radical (unpaired) electrons. The van der Waals surface area contributed by atoms with Crippen LogP contribution in [0, 0.1) is 12.3 Å². The topological polar surface area (TPSA) is 0 Å². The molecule has 0 heteroatoms. The molecule has 0 amide bonds. The molecule has 23 heavy (non-hydrogen) atoms. The molecule has 0 heterocycles. The van der Waals surface area contributed by atoms with Gasteiger partial charge in [-0.2, -0.15) is 0 Å². The Labute approximate surface area is 141 Å². The lowest BCUT2D eigenvalue weighted by atomic mass is 9.86. The van der Waals surface area contributed by atoms with Gasteiger partial charge in [-0.25, -0.2) is 0 Å². The van der Waals surface area contributed by atoms with Gasteiger partial charge >= 0.3 is 0 Å². The SMILES string of the molecule is CCC(C)C1=Cc2c(cccc2-c2ccc(C(C)(C)C)cc2)[CH]1. The van der Waals surface area contributed by atoms with Gasteiger partial charge in [0, 0.05) is 6.42 Å². The van der Waals surface area contributed by atoms with E-state index < -0.39 is 0 Å². The Morgan fingerprint density at radius 2 is 1.65 bits per heavy atom. The molecule has 1 aliphatic rings. The zero-order valence-corrected chi connectivity index (χ0v) is 15.0. The summed E-state index contributed by atoms with van der Waals surface area (Å²) in [4.78, 5) is 0. The Kier molecular flexibility index (Phi) is 4.19. The van der Waals surface area contributed by atoms with Crippen molar-refractivity contribution >= 4 is 6.08 Å². The molecule has 0 aliphatic heterocycles. The van der Waals surface area contributed by atoms with E-state index in [0.29, 0.717) is 5.92 Å². The van der Waals surface area contributed by atoms with Gasteiger partial charge in [-0.1, -0.05) is 88.7 Å². The van der Waals surface area contributed by atoms with Crippen LogP contribution in [0.25, 0.3) is 17.2 Å². The summed E-state index contributed by atoms with van der Waals surface area (Å²) in [6.07, 6.45) is 5.93.